The standard InChI is InChI=1S/C58H100NO8P/c1-6-8-10-12-14-16-18-20-22-24-26-27-28-29-30-31-33-34-36-38-40-42-44-46-48-50-57(60)64-54-56(55-66-68(62,63)65-53-52-59(3,4)5)67-58(61)51-49-47-45-43-41-39-37-35-32-25-23-21-19-17-15-13-11-9-7-2/h9,11,15,17-18,20-21,23-24,26,28-29,32,35,39,41,56H,6-8,10,12-14,16,19,22,25,27,30-31,33-34,36-38,40,42-55H2,1-5H3/p+1/b11-9-,17-15-,20-18-,23-21-,26-24-,29-28-,35-32-,41-39-. The summed E-state index contributed by atoms with van der Waals surface area (Å²) < 4.78 is 34.4. The Balaban J connectivity index is 4.28. The first-order chi connectivity index (χ1) is 33.0. The maximum atomic E-state index is 12.8. The Morgan fingerprint density at radius 3 is 1.26 bits per heavy atom. The number of ether oxygens (including phenoxy) is 2. The first-order valence-corrected chi connectivity index (χ1v) is 28.5. The fourth-order valence-corrected chi connectivity index (χ4v) is 7.67. The van der Waals surface area contributed by atoms with Gasteiger partial charge in [0.15, 0.2) is 6.10 Å². The third-order valence-electron chi connectivity index (χ3n) is 11.1. The molecule has 2 unspecified atom stereocenters. The number of esters is 2. The number of hydrogen-bond donors (Lipinski definition) is 1. The molecule has 0 aromatic heterocycles. The van der Waals surface area contributed by atoms with Crippen LogP contribution in [-0.4, -0.2) is 74.9 Å². The number of hydrogen-bond acceptors (Lipinski definition) is 7. The smallest absolute Gasteiger partial charge is 0.462 e. The zero-order chi connectivity index (χ0) is 49.9. The number of allylic oxidation sites excluding steroid dienone is 16. The quantitative estimate of drug-likeness (QED) is 0.0211. The highest BCUT2D eigenvalue weighted by Gasteiger charge is 2.27. The highest BCUT2D eigenvalue weighted by atomic mass is 31.2. The molecule has 0 amide bonds. The second kappa shape index (κ2) is 48.9. The van der Waals surface area contributed by atoms with Gasteiger partial charge in [0.2, 0.25) is 0 Å². The van der Waals surface area contributed by atoms with Crippen LogP contribution >= 0.6 is 7.82 Å². The van der Waals surface area contributed by atoms with E-state index >= 15 is 0 Å². The summed E-state index contributed by atoms with van der Waals surface area (Å²) in [7, 11) is 1.44. The summed E-state index contributed by atoms with van der Waals surface area (Å²) in [4.78, 5) is 35.6. The Bertz CT molecular complexity index is 1470. The van der Waals surface area contributed by atoms with Crippen molar-refractivity contribution < 1.29 is 42.1 Å². The molecule has 0 aliphatic rings. The Morgan fingerprint density at radius 1 is 0.471 bits per heavy atom. The highest BCUT2D eigenvalue weighted by molar-refractivity contribution is 7.47. The van der Waals surface area contributed by atoms with Gasteiger partial charge in [-0.25, -0.2) is 4.57 Å². The first kappa shape index (κ1) is 64.9. The SMILES string of the molecule is CC/C=C\C/C=C\C/C=C\C/C=C\C/C=C\CCCCCC(=O)OC(COC(=O)CCCCCCCCCCCC/C=C\C/C=C\C/C=C\CCCCCCC)COP(=O)(O)OCC[N+](C)(C)C. The van der Waals surface area contributed by atoms with Crippen LogP contribution in [0.5, 0.6) is 0 Å². The van der Waals surface area contributed by atoms with Gasteiger partial charge in [0, 0.05) is 12.8 Å². The van der Waals surface area contributed by atoms with Crippen molar-refractivity contribution in [1.82, 2.24) is 0 Å². The monoisotopic (exact) mass is 971 g/mol. The van der Waals surface area contributed by atoms with E-state index in [0.717, 1.165) is 89.9 Å². The molecule has 0 radical (unpaired) electrons. The lowest BCUT2D eigenvalue weighted by Gasteiger charge is -2.24. The summed E-state index contributed by atoms with van der Waals surface area (Å²) in [5, 5.41) is 0. The van der Waals surface area contributed by atoms with Crippen LogP contribution in [0.4, 0.5) is 0 Å². The molecule has 68 heavy (non-hydrogen) atoms. The number of phosphoric acid groups is 1. The van der Waals surface area contributed by atoms with Crippen molar-refractivity contribution in [2.24, 2.45) is 0 Å². The molecule has 0 rings (SSSR count). The van der Waals surface area contributed by atoms with Crippen molar-refractivity contribution >= 4 is 19.8 Å². The van der Waals surface area contributed by atoms with Crippen LogP contribution in [0.1, 0.15) is 206 Å². The van der Waals surface area contributed by atoms with E-state index in [0.29, 0.717) is 17.4 Å². The fraction of sp³-hybridized carbons (Fsp3) is 0.690. The third-order valence-corrected chi connectivity index (χ3v) is 12.1. The topological polar surface area (TPSA) is 108 Å². The van der Waals surface area contributed by atoms with Crippen molar-refractivity contribution in [3.05, 3.63) is 97.2 Å². The molecular weight excluding hydrogens is 870 g/mol. The van der Waals surface area contributed by atoms with Crippen molar-refractivity contribution in [2.45, 2.75) is 213 Å². The van der Waals surface area contributed by atoms with Crippen LogP contribution < -0.4 is 0 Å². The molecule has 0 bridgehead atoms. The van der Waals surface area contributed by atoms with Crippen LogP contribution in [0.3, 0.4) is 0 Å². The molecular formula is C58H101NO8P+. The van der Waals surface area contributed by atoms with Gasteiger partial charge in [0.1, 0.15) is 19.8 Å². The van der Waals surface area contributed by atoms with Gasteiger partial charge in [-0.15, -0.1) is 0 Å². The molecule has 0 aliphatic carbocycles. The lowest BCUT2D eigenvalue weighted by atomic mass is 10.1. The Morgan fingerprint density at radius 2 is 0.838 bits per heavy atom. The number of likely N-dealkylation sites (N-methyl/N-ethyl adjacent to an activating group) is 1. The van der Waals surface area contributed by atoms with E-state index in [1.165, 1.54) is 83.5 Å². The van der Waals surface area contributed by atoms with Crippen LogP contribution in [0, 0.1) is 0 Å². The van der Waals surface area contributed by atoms with Gasteiger partial charge in [-0.2, -0.15) is 0 Å². The van der Waals surface area contributed by atoms with Crippen molar-refractivity contribution in [3.63, 3.8) is 0 Å². The van der Waals surface area contributed by atoms with E-state index < -0.39 is 26.5 Å². The second-order valence-corrected chi connectivity index (χ2v) is 20.3. The van der Waals surface area contributed by atoms with E-state index in [-0.39, 0.29) is 32.0 Å². The number of phosphoric ester groups is 1. The normalized spacial score (nSPS) is 14.1. The Kier molecular flexibility index (Phi) is 46.7. The van der Waals surface area contributed by atoms with Crippen LogP contribution in [0.2, 0.25) is 0 Å². The third kappa shape index (κ3) is 52.3. The Labute approximate surface area is 417 Å². The molecule has 0 aliphatic heterocycles. The fourth-order valence-electron chi connectivity index (χ4n) is 6.93. The average molecular weight is 971 g/mol. The number of nitrogens with zero attached hydrogens (tertiary/aromatic N) is 1. The minimum atomic E-state index is -4.40. The molecule has 0 aromatic carbocycles. The molecule has 0 heterocycles. The van der Waals surface area contributed by atoms with E-state index in [9.17, 15) is 19.0 Å². The lowest BCUT2D eigenvalue weighted by molar-refractivity contribution is -0.870. The van der Waals surface area contributed by atoms with Gasteiger partial charge in [-0.1, -0.05) is 195 Å². The van der Waals surface area contributed by atoms with E-state index in [2.05, 4.69) is 111 Å². The van der Waals surface area contributed by atoms with Gasteiger partial charge < -0.3 is 18.9 Å². The molecule has 390 valence electrons. The number of quaternary nitrogens is 1. The minimum absolute atomic E-state index is 0.0190. The van der Waals surface area contributed by atoms with Crippen LogP contribution in [0.15, 0.2) is 97.2 Å². The van der Waals surface area contributed by atoms with Crippen LogP contribution in [0.25, 0.3) is 0 Å². The predicted octanol–water partition coefficient (Wildman–Crippen LogP) is 16.5. The lowest BCUT2D eigenvalue weighted by Crippen LogP contribution is -2.37. The number of rotatable bonds is 48. The molecule has 0 spiro atoms. The highest BCUT2D eigenvalue weighted by Crippen LogP contribution is 2.43. The average Bonchev–Trinajstić information content (AvgIpc) is 3.30. The van der Waals surface area contributed by atoms with Crippen LogP contribution in [-0.2, 0) is 32.7 Å². The zero-order valence-electron chi connectivity index (χ0n) is 44.1. The molecule has 1 N–H and O–H groups in total. The second-order valence-electron chi connectivity index (χ2n) is 18.9. The predicted molar refractivity (Wildman–Crippen MR) is 288 cm³/mol. The van der Waals surface area contributed by atoms with Crippen molar-refractivity contribution in [2.75, 3.05) is 47.5 Å². The summed E-state index contributed by atoms with van der Waals surface area (Å²) >= 11 is 0. The maximum Gasteiger partial charge on any atom is 0.472 e. The molecule has 2 atom stereocenters. The molecule has 9 nitrogen and oxygen atoms in total. The van der Waals surface area contributed by atoms with Crippen molar-refractivity contribution in [3.8, 4) is 0 Å². The van der Waals surface area contributed by atoms with Gasteiger partial charge >= 0.3 is 19.8 Å². The molecule has 0 saturated heterocycles. The van der Waals surface area contributed by atoms with E-state index in [4.69, 9.17) is 18.5 Å². The molecule has 0 saturated carbocycles. The number of carbonyl (C=O) groups is 2. The van der Waals surface area contributed by atoms with Gasteiger partial charge in [0.25, 0.3) is 0 Å². The number of unbranched alkanes of at least 4 members (excludes halogenated alkanes) is 18. The first-order valence-electron chi connectivity index (χ1n) is 27.0. The summed E-state index contributed by atoms with van der Waals surface area (Å²) in [5.41, 5.74) is 0. The van der Waals surface area contributed by atoms with Gasteiger partial charge in [0.05, 0.1) is 27.7 Å². The van der Waals surface area contributed by atoms with Gasteiger partial charge in [-0.05, 0) is 96.3 Å². The maximum absolute atomic E-state index is 12.8. The van der Waals surface area contributed by atoms with E-state index in [1.54, 1.807) is 0 Å². The summed E-state index contributed by atoms with van der Waals surface area (Å²) in [6.07, 6.45) is 66.1. The molecule has 10 heteroatoms. The summed E-state index contributed by atoms with van der Waals surface area (Å²) in [5.74, 6) is -0.845. The molecule has 0 aromatic rings. The molecule has 0 fully saturated rings. The van der Waals surface area contributed by atoms with E-state index in [1.807, 2.05) is 21.1 Å². The van der Waals surface area contributed by atoms with Crippen molar-refractivity contribution in [1.29, 1.82) is 0 Å². The zero-order valence-corrected chi connectivity index (χ0v) is 45.0. The summed E-state index contributed by atoms with van der Waals surface area (Å²) in [6, 6.07) is 0. The summed E-state index contributed by atoms with van der Waals surface area (Å²) in [6.45, 7) is 4.25. The minimum Gasteiger partial charge on any atom is -0.462 e. The Hall–Kier alpha value is -3.07. The largest absolute Gasteiger partial charge is 0.472 e. The van der Waals surface area contributed by atoms with Gasteiger partial charge in [-0.3, -0.25) is 18.6 Å². The number of carbonyl (C=O) groups excluding carboxylic acids is 2.